The van der Waals surface area contributed by atoms with Crippen LogP contribution >= 0.6 is 0 Å². The summed E-state index contributed by atoms with van der Waals surface area (Å²) in [5, 5.41) is 7.31. The van der Waals surface area contributed by atoms with Gasteiger partial charge in [0.05, 0.1) is 23.3 Å². The van der Waals surface area contributed by atoms with Crippen molar-refractivity contribution in [3.8, 4) is 22.4 Å². The summed E-state index contributed by atoms with van der Waals surface area (Å²) in [6, 6.07) is 14.3. The monoisotopic (exact) mass is 564 g/mol. The molecule has 1 fully saturated rings. The number of aromatic nitrogens is 4. The fraction of sp³-hybridized carbons (Fsp3) is 0.400. The molecular weight excluding hydrogens is 527 g/mol. The number of halogens is 1. The van der Waals surface area contributed by atoms with Crippen LogP contribution in [0.3, 0.4) is 0 Å². The second kappa shape index (κ2) is 11.3. The molecule has 0 saturated heterocycles. The molecule has 2 aliphatic rings. The molecule has 0 aliphatic heterocycles. The molecule has 0 spiro atoms. The molecule has 1 N–H and O–H groups in total. The van der Waals surface area contributed by atoms with Gasteiger partial charge < -0.3 is 0 Å². The van der Waals surface area contributed by atoms with Crippen molar-refractivity contribution in [2.24, 2.45) is 5.92 Å². The molecule has 4 aromatic rings. The number of aryl methyl sites for hydroxylation is 4. The number of fused-ring (bicyclic) bond motifs is 1. The van der Waals surface area contributed by atoms with E-state index in [1.54, 1.807) is 12.4 Å². The Kier molecular flexibility index (Phi) is 7.60. The molecule has 6 rings (SSSR count). The van der Waals surface area contributed by atoms with Gasteiger partial charge in [0, 0.05) is 41.8 Å². The van der Waals surface area contributed by atoms with Crippen LogP contribution < -0.4 is 0 Å². The molecule has 0 radical (unpaired) electrons. The number of carbonyl (C=O) groups is 2. The molecule has 2 heterocycles. The minimum Gasteiger partial charge on any atom is -0.299 e. The SMILES string of the molecule is CCCc1cncc(-c2ccc3c(c2)[C@H]([C@H](CC(=O)C2(F)CC2)C(=O)Cc2ccc(-c4c(C)n[nH]c4C)cc2)CC3)n1. The highest BCUT2D eigenvalue weighted by atomic mass is 19.1. The maximum atomic E-state index is 14.9. The standard InChI is InChI=1S/C35H37FN4O2/c1-4-5-27-19-37-20-31(38-27)26-11-10-24-12-13-28(29(24)17-26)30(18-33(42)35(36)14-15-35)32(41)16-23-6-8-25(9-7-23)34-21(2)39-40-22(34)3/h6-11,17,19-20,28,30H,4-5,12-16,18H2,1-3H3,(H,39,40)/t28-,30+/m1/s1. The summed E-state index contributed by atoms with van der Waals surface area (Å²) in [6.07, 6.45) is 7.70. The number of carbonyl (C=O) groups excluding carboxylic acids is 2. The van der Waals surface area contributed by atoms with Gasteiger partial charge in [0.15, 0.2) is 11.5 Å². The highest BCUT2D eigenvalue weighted by Gasteiger charge is 2.51. The van der Waals surface area contributed by atoms with E-state index in [-0.39, 0.29) is 37.4 Å². The number of nitrogens with zero attached hydrogens (tertiary/aromatic N) is 3. The van der Waals surface area contributed by atoms with Gasteiger partial charge in [-0.1, -0.05) is 49.7 Å². The minimum atomic E-state index is -1.75. The highest BCUT2D eigenvalue weighted by Crippen LogP contribution is 2.46. The fourth-order valence-electron chi connectivity index (χ4n) is 6.48. The topological polar surface area (TPSA) is 88.6 Å². The summed E-state index contributed by atoms with van der Waals surface area (Å²) in [5.74, 6) is -1.15. The van der Waals surface area contributed by atoms with Crippen molar-refractivity contribution in [3.05, 3.63) is 88.6 Å². The van der Waals surface area contributed by atoms with E-state index in [1.165, 1.54) is 5.56 Å². The Balaban J connectivity index is 1.28. The van der Waals surface area contributed by atoms with Crippen LogP contribution in [-0.4, -0.2) is 37.4 Å². The van der Waals surface area contributed by atoms with Gasteiger partial charge in [0.25, 0.3) is 0 Å². The minimum absolute atomic E-state index is 0.0102. The number of H-pyrrole nitrogens is 1. The lowest BCUT2D eigenvalue weighted by Crippen LogP contribution is -2.29. The number of nitrogens with one attached hydrogen (secondary N) is 1. The van der Waals surface area contributed by atoms with Crippen LogP contribution in [0.2, 0.25) is 0 Å². The predicted molar refractivity (Wildman–Crippen MR) is 161 cm³/mol. The van der Waals surface area contributed by atoms with E-state index in [0.29, 0.717) is 0 Å². The van der Waals surface area contributed by atoms with Crippen LogP contribution in [0, 0.1) is 19.8 Å². The Morgan fingerprint density at radius 1 is 1.07 bits per heavy atom. The molecular formula is C35H37FN4O2. The van der Waals surface area contributed by atoms with E-state index >= 15 is 0 Å². The number of ketones is 2. The molecule has 2 aliphatic carbocycles. The smallest absolute Gasteiger partial charge is 0.170 e. The van der Waals surface area contributed by atoms with Crippen molar-refractivity contribution >= 4 is 11.6 Å². The zero-order valence-electron chi connectivity index (χ0n) is 24.5. The van der Waals surface area contributed by atoms with Crippen LogP contribution in [0.15, 0.2) is 54.9 Å². The third-order valence-electron chi connectivity index (χ3n) is 9.00. The van der Waals surface area contributed by atoms with Crippen molar-refractivity contribution < 1.29 is 14.0 Å². The predicted octanol–water partition coefficient (Wildman–Crippen LogP) is 7.02. The average molecular weight is 565 g/mol. The van der Waals surface area contributed by atoms with Gasteiger partial charge in [-0.05, 0) is 80.2 Å². The number of alkyl halides is 1. The normalized spacial score (nSPS) is 17.6. The Morgan fingerprint density at radius 2 is 1.83 bits per heavy atom. The lowest BCUT2D eigenvalue weighted by Gasteiger charge is -2.24. The number of benzene rings is 2. The number of hydrogen-bond donors (Lipinski definition) is 1. The van der Waals surface area contributed by atoms with E-state index in [4.69, 9.17) is 4.98 Å². The summed E-state index contributed by atoms with van der Waals surface area (Å²) in [4.78, 5) is 36.2. The Labute approximate surface area is 246 Å². The molecule has 0 amide bonds. The van der Waals surface area contributed by atoms with Gasteiger partial charge in [0.1, 0.15) is 5.78 Å². The van der Waals surface area contributed by atoms with Crippen molar-refractivity contribution in [2.75, 3.05) is 0 Å². The van der Waals surface area contributed by atoms with Gasteiger partial charge >= 0.3 is 0 Å². The molecule has 2 atom stereocenters. The van der Waals surface area contributed by atoms with Crippen molar-refractivity contribution in [2.45, 2.75) is 83.7 Å². The number of Topliss-reactive ketones (excluding diaryl/α,β-unsaturated/α-hetero) is 2. The summed E-state index contributed by atoms with van der Waals surface area (Å²) in [5.41, 5.74) is 8.13. The summed E-state index contributed by atoms with van der Waals surface area (Å²) in [6.45, 7) is 6.08. The van der Waals surface area contributed by atoms with E-state index in [2.05, 4.69) is 40.3 Å². The second-order valence-corrected chi connectivity index (χ2v) is 12.1. The van der Waals surface area contributed by atoms with Gasteiger partial charge in [-0.25, -0.2) is 9.37 Å². The van der Waals surface area contributed by atoms with Gasteiger partial charge in [-0.15, -0.1) is 0 Å². The quantitative estimate of drug-likeness (QED) is 0.211. The van der Waals surface area contributed by atoms with E-state index in [1.807, 2.05) is 38.1 Å². The highest BCUT2D eigenvalue weighted by molar-refractivity contribution is 5.95. The molecule has 2 aromatic carbocycles. The van der Waals surface area contributed by atoms with Crippen LogP contribution in [-0.2, 0) is 28.9 Å². The maximum absolute atomic E-state index is 14.9. The molecule has 42 heavy (non-hydrogen) atoms. The molecule has 0 unspecified atom stereocenters. The molecule has 0 bridgehead atoms. The molecule has 216 valence electrons. The van der Waals surface area contributed by atoms with Crippen LogP contribution in [0.4, 0.5) is 4.39 Å². The number of rotatable bonds is 11. The molecule has 6 nitrogen and oxygen atoms in total. The van der Waals surface area contributed by atoms with Crippen molar-refractivity contribution in [3.63, 3.8) is 0 Å². The zero-order chi connectivity index (χ0) is 29.4. The van der Waals surface area contributed by atoms with E-state index in [0.717, 1.165) is 76.3 Å². The number of hydrogen-bond acceptors (Lipinski definition) is 5. The van der Waals surface area contributed by atoms with Gasteiger partial charge in [-0.2, -0.15) is 5.10 Å². The van der Waals surface area contributed by atoms with Gasteiger partial charge in [-0.3, -0.25) is 19.7 Å². The maximum Gasteiger partial charge on any atom is 0.170 e. The first-order chi connectivity index (χ1) is 20.3. The van der Waals surface area contributed by atoms with Crippen molar-refractivity contribution in [1.82, 2.24) is 20.2 Å². The lowest BCUT2D eigenvalue weighted by molar-refractivity contribution is -0.131. The average Bonchev–Trinajstić information content (AvgIpc) is 3.47. The van der Waals surface area contributed by atoms with Crippen LogP contribution in [0.25, 0.3) is 22.4 Å². The molecule has 7 heteroatoms. The lowest BCUT2D eigenvalue weighted by atomic mass is 9.78. The van der Waals surface area contributed by atoms with E-state index < -0.39 is 17.4 Å². The van der Waals surface area contributed by atoms with Crippen LogP contribution in [0.1, 0.15) is 78.7 Å². The summed E-state index contributed by atoms with van der Waals surface area (Å²) >= 11 is 0. The third kappa shape index (κ3) is 5.57. The molecule has 1 saturated carbocycles. The Bertz CT molecular complexity index is 1620. The van der Waals surface area contributed by atoms with Crippen molar-refractivity contribution in [1.29, 1.82) is 0 Å². The fourth-order valence-corrected chi connectivity index (χ4v) is 6.48. The zero-order valence-corrected chi connectivity index (χ0v) is 24.5. The third-order valence-corrected chi connectivity index (χ3v) is 9.00. The first kappa shape index (κ1) is 28.1. The Hall–Kier alpha value is -4.00. The van der Waals surface area contributed by atoms with Crippen LogP contribution in [0.5, 0.6) is 0 Å². The first-order valence-corrected chi connectivity index (χ1v) is 15.1. The Morgan fingerprint density at radius 3 is 2.52 bits per heavy atom. The number of aromatic amines is 1. The largest absolute Gasteiger partial charge is 0.299 e. The molecule has 2 aromatic heterocycles. The second-order valence-electron chi connectivity index (χ2n) is 12.1. The van der Waals surface area contributed by atoms with E-state index in [9.17, 15) is 14.0 Å². The summed E-state index contributed by atoms with van der Waals surface area (Å²) in [7, 11) is 0. The first-order valence-electron chi connectivity index (χ1n) is 15.1. The van der Waals surface area contributed by atoms with Gasteiger partial charge in [0.2, 0.25) is 0 Å². The summed E-state index contributed by atoms with van der Waals surface area (Å²) < 4.78 is 14.9.